The number of hydrogen-bond acceptors (Lipinski definition) is 3. The Morgan fingerprint density at radius 3 is 2.52 bits per heavy atom. The molecule has 0 radical (unpaired) electrons. The topological polar surface area (TPSA) is 70.8 Å². The molecule has 5 heteroatoms. The van der Waals surface area contributed by atoms with E-state index in [0.717, 1.165) is 25.8 Å². The number of carboxylic acid groups (broad SMARTS) is 1. The summed E-state index contributed by atoms with van der Waals surface area (Å²) in [5.41, 5.74) is 0.395. The van der Waals surface area contributed by atoms with Crippen molar-refractivity contribution in [2.75, 3.05) is 6.54 Å². The average molecular weight is 291 g/mol. The molecule has 0 aromatic carbocycles. The van der Waals surface area contributed by atoms with Crippen LogP contribution in [0.25, 0.3) is 0 Å². The summed E-state index contributed by atoms with van der Waals surface area (Å²) in [4.78, 5) is 25.4. The number of likely N-dealkylation sites (tertiary alicyclic amines) is 1. The molecular formula is C16H21NO4. The van der Waals surface area contributed by atoms with Crippen LogP contribution < -0.4 is 0 Å². The molecule has 1 saturated carbocycles. The van der Waals surface area contributed by atoms with Gasteiger partial charge < -0.3 is 14.4 Å². The molecule has 1 saturated heterocycles. The van der Waals surface area contributed by atoms with Gasteiger partial charge in [0, 0.05) is 12.6 Å². The first-order valence-electron chi connectivity index (χ1n) is 7.33. The minimum atomic E-state index is -1.15. The van der Waals surface area contributed by atoms with Crippen LogP contribution in [0.3, 0.4) is 0 Å². The molecule has 1 aromatic rings. The minimum absolute atomic E-state index is 0.126. The van der Waals surface area contributed by atoms with Crippen molar-refractivity contribution < 1.29 is 19.1 Å². The summed E-state index contributed by atoms with van der Waals surface area (Å²) in [6, 6.07) is 3.02. The quantitative estimate of drug-likeness (QED) is 0.909. The summed E-state index contributed by atoms with van der Waals surface area (Å²) >= 11 is 0. The molecule has 2 bridgehead atoms. The molecule has 114 valence electrons. The van der Waals surface area contributed by atoms with Crippen molar-refractivity contribution in [3.8, 4) is 0 Å². The fourth-order valence-corrected chi connectivity index (χ4v) is 4.41. The lowest BCUT2D eigenvalue weighted by Gasteiger charge is -2.39. The van der Waals surface area contributed by atoms with E-state index in [1.807, 2.05) is 4.90 Å². The van der Waals surface area contributed by atoms with Gasteiger partial charge in [-0.2, -0.15) is 0 Å². The number of hydrogen-bond donors (Lipinski definition) is 1. The number of carboxylic acids is 1. The van der Waals surface area contributed by atoms with E-state index < -0.39 is 5.97 Å². The zero-order valence-electron chi connectivity index (χ0n) is 12.7. The Morgan fingerprint density at radius 2 is 1.90 bits per heavy atom. The van der Waals surface area contributed by atoms with Crippen LogP contribution in [-0.4, -0.2) is 34.5 Å². The van der Waals surface area contributed by atoms with E-state index in [1.54, 1.807) is 0 Å². The summed E-state index contributed by atoms with van der Waals surface area (Å²) < 4.78 is 5.16. The first kappa shape index (κ1) is 14.2. The summed E-state index contributed by atoms with van der Waals surface area (Å²) in [6.07, 6.45) is 3.12. The maximum atomic E-state index is 12.6. The second-order valence-electron chi connectivity index (χ2n) is 7.62. The van der Waals surface area contributed by atoms with Gasteiger partial charge in [-0.05, 0) is 42.2 Å². The lowest BCUT2D eigenvalue weighted by molar-refractivity contribution is 0.0638. The Hall–Kier alpha value is -1.78. The Balaban J connectivity index is 1.84. The van der Waals surface area contributed by atoms with Crippen LogP contribution in [0.5, 0.6) is 0 Å². The molecule has 1 aliphatic heterocycles. The monoisotopic (exact) mass is 291 g/mol. The fourth-order valence-electron chi connectivity index (χ4n) is 4.41. The smallest absolute Gasteiger partial charge is 0.371 e. The minimum Gasteiger partial charge on any atom is -0.475 e. The third kappa shape index (κ3) is 2.45. The van der Waals surface area contributed by atoms with E-state index >= 15 is 0 Å². The molecule has 1 amide bonds. The number of fused-ring (bicyclic) bond motifs is 2. The number of nitrogens with zero attached hydrogens (tertiary/aromatic N) is 1. The summed E-state index contributed by atoms with van der Waals surface area (Å²) in [5, 5.41) is 8.89. The van der Waals surface area contributed by atoms with Gasteiger partial charge in [0.2, 0.25) is 5.76 Å². The average Bonchev–Trinajstić information content (AvgIpc) is 2.90. The third-order valence-electron chi connectivity index (χ3n) is 4.70. The predicted molar refractivity (Wildman–Crippen MR) is 76.2 cm³/mol. The highest BCUT2D eigenvalue weighted by atomic mass is 16.4. The number of aromatic carboxylic acids is 1. The molecule has 2 unspecified atom stereocenters. The van der Waals surface area contributed by atoms with Gasteiger partial charge in [0.05, 0.1) is 0 Å². The van der Waals surface area contributed by atoms with E-state index in [9.17, 15) is 9.59 Å². The molecule has 0 spiro atoms. The number of carbonyl (C=O) groups excluding carboxylic acids is 1. The maximum absolute atomic E-state index is 12.6. The standard InChI is InChI=1S/C16H21NO4/c1-15(2)6-10-7-16(3,8-15)9-17(10)13(18)11-4-5-12(21-11)14(19)20/h4-5,10H,6-9H2,1-3H3,(H,19,20). The highest BCUT2D eigenvalue weighted by Gasteiger charge is 2.51. The van der Waals surface area contributed by atoms with Crippen LogP contribution in [0.15, 0.2) is 16.5 Å². The van der Waals surface area contributed by atoms with Crippen LogP contribution in [0.2, 0.25) is 0 Å². The summed E-state index contributed by atoms with van der Waals surface area (Å²) in [5.74, 6) is -1.40. The second kappa shape index (κ2) is 4.36. The van der Waals surface area contributed by atoms with E-state index in [4.69, 9.17) is 9.52 Å². The van der Waals surface area contributed by atoms with Crippen molar-refractivity contribution >= 4 is 11.9 Å². The number of carbonyl (C=O) groups is 2. The Morgan fingerprint density at radius 1 is 1.24 bits per heavy atom. The van der Waals surface area contributed by atoms with Gasteiger partial charge in [0.25, 0.3) is 5.91 Å². The third-order valence-corrected chi connectivity index (χ3v) is 4.70. The van der Waals surface area contributed by atoms with Crippen molar-refractivity contribution in [2.45, 2.75) is 46.1 Å². The SMILES string of the molecule is CC1(C)CC2CC(C)(CN2C(=O)c2ccc(C(=O)O)o2)C1. The Labute approximate surface area is 123 Å². The van der Waals surface area contributed by atoms with Gasteiger partial charge in [-0.3, -0.25) is 4.79 Å². The first-order valence-corrected chi connectivity index (χ1v) is 7.33. The Bertz CT molecular complexity index is 603. The van der Waals surface area contributed by atoms with Gasteiger partial charge in [0.1, 0.15) is 0 Å². The van der Waals surface area contributed by atoms with Gasteiger partial charge in [-0.25, -0.2) is 4.79 Å². The number of rotatable bonds is 2. The van der Waals surface area contributed by atoms with E-state index in [-0.39, 0.29) is 34.3 Å². The van der Waals surface area contributed by atoms with Crippen molar-refractivity contribution in [1.82, 2.24) is 4.90 Å². The lowest BCUT2D eigenvalue weighted by atomic mass is 9.65. The van der Waals surface area contributed by atoms with Gasteiger partial charge in [-0.15, -0.1) is 0 Å². The largest absolute Gasteiger partial charge is 0.475 e. The van der Waals surface area contributed by atoms with Crippen LogP contribution in [0.1, 0.15) is 61.1 Å². The van der Waals surface area contributed by atoms with E-state index in [2.05, 4.69) is 20.8 Å². The second-order valence-corrected chi connectivity index (χ2v) is 7.62. The van der Waals surface area contributed by atoms with Crippen LogP contribution in [0.4, 0.5) is 0 Å². The lowest BCUT2D eigenvalue weighted by Crippen LogP contribution is -2.37. The molecule has 1 aliphatic carbocycles. The van der Waals surface area contributed by atoms with Crippen LogP contribution in [-0.2, 0) is 0 Å². The van der Waals surface area contributed by atoms with Gasteiger partial charge in [-0.1, -0.05) is 20.8 Å². The van der Waals surface area contributed by atoms with Crippen LogP contribution in [0, 0.1) is 10.8 Å². The first-order chi connectivity index (χ1) is 9.69. The van der Waals surface area contributed by atoms with Crippen molar-refractivity contribution in [1.29, 1.82) is 0 Å². The van der Waals surface area contributed by atoms with E-state index in [0.29, 0.717) is 0 Å². The molecule has 2 heterocycles. The number of amides is 1. The molecule has 3 rings (SSSR count). The molecule has 1 aromatic heterocycles. The molecule has 21 heavy (non-hydrogen) atoms. The van der Waals surface area contributed by atoms with E-state index in [1.165, 1.54) is 12.1 Å². The molecule has 2 atom stereocenters. The summed E-state index contributed by atoms with van der Waals surface area (Å²) in [6.45, 7) is 7.46. The molecule has 2 fully saturated rings. The normalized spacial score (nSPS) is 30.4. The predicted octanol–water partition coefficient (Wildman–Crippen LogP) is 3.02. The highest BCUT2D eigenvalue weighted by Crippen LogP contribution is 2.52. The summed E-state index contributed by atoms with van der Waals surface area (Å²) in [7, 11) is 0. The van der Waals surface area contributed by atoms with Gasteiger partial charge in [0.15, 0.2) is 5.76 Å². The molecule has 5 nitrogen and oxygen atoms in total. The van der Waals surface area contributed by atoms with Crippen molar-refractivity contribution in [2.24, 2.45) is 10.8 Å². The zero-order chi connectivity index (χ0) is 15.4. The molecular weight excluding hydrogens is 270 g/mol. The van der Waals surface area contributed by atoms with Crippen molar-refractivity contribution in [3.63, 3.8) is 0 Å². The van der Waals surface area contributed by atoms with Crippen molar-refractivity contribution in [3.05, 3.63) is 23.7 Å². The van der Waals surface area contributed by atoms with Gasteiger partial charge >= 0.3 is 5.97 Å². The molecule has 2 aliphatic rings. The van der Waals surface area contributed by atoms with Crippen LogP contribution >= 0.6 is 0 Å². The highest BCUT2D eigenvalue weighted by molar-refractivity contribution is 5.94. The fraction of sp³-hybridized carbons (Fsp3) is 0.625. The maximum Gasteiger partial charge on any atom is 0.371 e. The number of furan rings is 1. The molecule has 1 N–H and O–H groups in total. The Kier molecular flexibility index (Phi) is 2.94. The zero-order valence-corrected chi connectivity index (χ0v) is 12.7.